The lowest BCUT2D eigenvalue weighted by Gasteiger charge is -2.30. The number of nitrogens with one attached hydrogen (secondary N) is 2. The van der Waals surface area contributed by atoms with Crippen LogP contribution < -0.4 is 15.7 Å². The van der Waals surface area contributed by atoms with E-state index in [4.69, 9.17) is 4.74 Å². The molecule has 0 spiro atoms. The van der Waals surface area contributed by atoms with Crippen molar-refractivity contribution in [2.75, 3.05) is 32.1 Å². The van der Waals surface area contributed by atoms with Crippen molar-refractivity contribution in [2.24, 2.45) is 0 Å². The van der Waals surface area contributed by atoms with Crippen LogP contribution in [0.15, 0.2) is 35.3 Å². The van der Waals surface area contributed by atoms with Crippen molar-refractivity contribution in [3.63, 3.8) is 0 Å². The number of piperidine rings is 1. The molecule has 3 heterocycles. The summed E-state index contributed by atoms with van der Waals surface area (Å²) in [6, 6.07) is 9.11. The molecule has 0 atom stereocenters. The molecule has 4 rings (SSSR count). The van der Waals surface area contributed by atoms with Crippen LogP contribution in [0.25, 0.3) is 11.2 Å². The van der Waals surface area contributed by atoms with E-state index in [0.717, 1.165) is 50.0 Å². The van der Waals surface area contributed by atoms with Crippen molar-refractivity contribution in [2.45, 2.75) is 45.2 Å². The third-order valence-corrected chi connectivity index (χ3v) is 5.60. The molecule has 0 bridgehead atoms. The number of nitrogens with zero attached hydrogens (tertiary/aromatic N) is 4. The second kappa shape index (κ2) is 9.30. The fourth-order valence-corrected chi connectivity index (χ4v) is 3.73. The minimum absolute atomic E-state index is 0.196. The molecule has 30 heavy (non-hydrogen) atoms. The van der Waals surface area contributed by atoms with Crippen LogP contribution in [0, 0.1) is 0 Å². The Balaban J connectivity index is 1.46. The average molecular weight is 411 g/mol. The molecular formula is C22H30N6O2. The Labute approximate surface area is 176 Å². The van der Waals surface area contributed by atoms with Crippen LogP contribution in [-0.4, -0.2) is 57.2 Å². The highest BCUT2D eigenvalue weighted by molar-refractivity contribution is 5.69. The molecule has 1 aliphatic heterocycles. The van der Waals surface area contributed by atoms with Gasteiger partial charge in [-0.1, -0.05) is 25.5 Å². The van der Waals surface area contributed by atoms with E-state index in [2.05, 4.69) is 63.4 Å². The van der Waals surface area contributed by atoms with Gasteiger partial charge in [-0.25, -0.2) is 9.78 Å². The lowest BCUT2D eigenvalue weighted by Crippen LogP contribution is -2.36. The number of rotatable bonds is 8. The van der Waals surface area contributed by atoms with Gasteiger partial charge in [0.05, 0.1) is 19.3 Å². The van der Waals surface area contributed by atoms with Crippen molar-refractivity contribution >= 4 is 16.9 Å². The maximum Gasteiger partial charge on any atom is 0.328 e. The molecule has 2 N–H and O–H groups in total. The standard InChI is InChI=1S/C22H30N6O2/c1-3-4-13-30-21-23-14-19-20(26-21)28(22(29)25-19)15-16-5-7-17(8-6-16)24-18-9-11-27(2)12-10-18/h5-8,14,18,24H,3-4,9-13,15H2,1-2H3,(H,25,29). The van der Waals surface area contributed by atoms with Gasteiger partial charge in [0.15, 0.2) is 5.65 Å². The quantitative estimate of drug-likeness (QED) is 0.555. The maximum absolute atomic E-state index is 12.5. The van der Waals surface area contributed by atoms with Gasteiger partial charge >= 0.3 is 11.7 Å². The first-order valence-electron chi connectivity index (χ1n) is 10.7. The lowest BCUT2D eigenvalue weighted by molar-refractivity contribution is 0.264. The van der Waals surface area contributed by atoms with Crippen LogP contribution in [0.2, 0.25) is 0 Å². The largest absolute Gasteiger partial charge is 0.463 e. The molecule has 1 aromatic carbocycles. The third-order valence-electron chi connectivity index (χ3n) is 5.60. The molecule has 1 saturated heterocycles. The highest BCUT2D eigenvalue weighted by Gasteiger charge is 2.16. The second-order valence-corrected chi connectivity index (χ2v) is 8.03. The van der Waals surface area contributed by atoms with E-state index in [1.165, 1.54) is 0 Å². The molecule has 0 saturated carbocycles. The molecule has 0 amide bonds. The zero-order chi connectivity index (χ0) is 20.9. The summed E-state index contributed by atoms with van der Waals surface area (Å²) < 4.78 is 7.23. The van der Waals surface area contributed by atoms with Crippen LogP contribution in [0.1, 0.15) is 38.2 Å². The number of hydrogen-bond acceptors (Lipinski definition) is 6. The van der Waals surface area contributed by atoms with Crippen molar-refractivity contribution in [3.8, 4) is 6.01 Å². The molecule has 2 aromatic heterocycles. The van der Waals surface area contributed by atoms with Crippen LogP contribution in [0.5, 0.6) is 6.01 Å². The SMILES string of the molecule is CCCCOc1ncc2[nH]c(=O)n(Cc3ccc(NC4CCN(C)CC4)cc3)c2n1. The van der Waals surface area contributed by atoms with Gasteiger partial charge in [-0.3, -0.25) is 4.57 Å². The predicted molar refractivity (Wildman–Crippen MR) is 118 cm³/mol. The molecule has 1 fully saturated rings. The molecule has 0 unspecified atom stereocenters. The van der Waals surface area contributed by atoms with Crippen molar-refractivity contribution in [1.82, 2.24) is 24.4 Å². The Hall–Kier alpha value is -2.87. The Morgan fingerprint density at radius 1 is 1.23 bits per heavy atom. The number of hydrogen-bond donors (Lipinski definition) is 2. The second-order valence-electron chi connectivity index (χ2n) is 8.03. The highest BCUT2D eigenvalue weighted by atomic mass is 16.5. The Morgan fingerprint density at radius 2 is 2.00 bits per heavy atom. The summed E-state index contributed by atoms with van der Waals surface area (Å²) in [6.45, 7) is 5.38. The fraction of sp³-hybridized carbons (Fsp3) is 0.500. The Kier molecular flexibility index (Phi) is 6.32. The summed E-state index contributed by atoms with van der Waals surface area (Å²) in [6.07, 6.45) is 5.91. The van der Waals surface area contributed by atoms with Crippen molar-refractivity contribution in [1.29, 1.82) is 0 Å². The highest BCUT2D eigenvalue weighted by Crippen LogP contribution is 2.18. The van der Waals surface area contributed by atoms with Crippen LogP contribution in [0.3, 0.4) is 0 Å². The van der Waals surface area contributed by atoms with Gasteiger partial charge < -0.3 is 19.9 Å². The minimum Gasteiger partial charge on any atom is -0.463 e. The number of fused-ring (bicyclic) bond motifs is 1. The number of anilines is 1. The summed E-state index contributed by atoms with van der Waals surface area (Å²) in [4.78, 5) is 26.3. The molecule has 160 valence electrons. The van der Waals surface area contributed by atoms with Gasteiger partial charge in [0.25, 0.3) is 0 Å². The number of likely N-dealkylation sites (tertiary alicyclic amines) is 1. The number of benzene rings is 1. The molecule has 0 aliphatic carbocycles. The average Bonchev–Trinajstić information content (AvgIpc) is 3.06. The van der Waals surface area contributed by atoms with Gasteiger partial charge in [-0.2, -0.15) is 4.98 Å². The first-order chi connectivity index (χ1) is 14.6. The monoisotopic (exact) mass is 410 g/mol. The van der Waals surface area contributed by atoms with E-state index in [1.807, 2.05) is 0 Å². The summed E-state index contributed by atoms with van der Waals surface area (Å²) in [5.74, 6) is 0. The molecular weight excluding hydrogens is 380 g/mol. The van der Waals surface area contributed by atoms with E-state index in [-0.39, 0.29) is 5.69 Å². The molecule has 1 aliphatic rings. The first-order valence-corrected chi connectivity index (χ1v) is 10.7. The van der Waals surface area contributed by atoms with E-state index in [0.29, 0.717) is 36.4 Å². The lowest BCUT2D eigenvalue weighted by atomic mass is 10.0. The number of imidazole rings is 1. The normalized spacial score (nSPS) is 15.5. The minimum atomic E-state index is -0.196. The van der Waals surface area contributed by atoms with Crippen molar-refractivity contribution < 1.29 is 4.74 Å². The van der Waals surface area contributed by atoms with Crippen LogP contribution in [0.4, 0.5) is 5.69 Å². The van der Waals surface area contributed by atoms with Gasteiger partial charge in [-0.05, 0) is 57.1 Å². The summed E-state index contributed by atoms with van der Waals surface area (Å²) in [5.41, 5.74) is 3.14. The predicted octanol–water partition coefficient (Wildman–Crippen LogP) is 2.85. The topological polar surface area (TPSA) is 88.1 Å². The number of aromatic nitrogens is 4. The molecule has 8 heteroatoms. The van der Waals surface area contributed by atoms with Gasteiger partial charge in [0, 0.05) is 11.7 Å². The van der Waals surface area contributed by atoms with Gasteiger partial charge in [-0.15, -0.1) is 0 Å². The summed E-state index contributed by atoms with van der Waals surface area (Å²) in [7, 11) is 2.17. The Morgan fingerprint density at radius 3 is 2.73 bits per heavy atom. The smallest absolute Gasteiger partial charge is 0.328 e. The summed E-state index contributed by atoms with van der Waals surface area (Å²) in [5, 5.41) is 3.62. The fourth-order valence-electron chi connectivity index (χ4n) is 3.73. The number of aromatic amines is 1. The molecule has 3 aromatic rings. The van der Waals surface area contributed by atoms with E-state index >= 15 is 0 Å². The third kappa shape index (κ3) is 4.81. The van der Waals surface area contributed by atoms with E-state index in [1.54, 1.807) is 10.8 Å². The van der Waals surface area contributed by atoms with Gasteiger partial charge in [0.2, 0.25) is 0 Å². The molecule has 0 radical (unpaired) electrons. The van der Waals surface area contributed by atoms with Crippen molar-refractivity contribution in [3.05, 3.63) is 46.5 Å². The van der Waals surface area contributed by atoms with E-state index in [9.17, 15) is 4.79 Å². The summed E-state index contributed by atoms with van der Waals surface area (Å²) >= 11 is 0. The zero-order valence-corrected chi connectivity index (χ0v) is 17.7. The van der Waals surface area contributed by atoms with Crippen LogP contribution in [-0.2, 0) is 6.54 Å². The van der Waals surface area contributed by atoms with Gasteiger partial charge in [0.1, 0.15) is 5.52 Å². The number of H-pyrrole nitrogens is 1. The first kappa shape index (κ1) is 20.4. The van der Waals surface area contributed by atoms with E-state index < -0.39 is 0 Å². The van der Waals surface area contributed by atoms with Crippen LogP contribution >= 0.6 is 0 Å². The maximum atomic E-state index is 12.5. The Bertz CT molecular complexity index is 1020. The zero-order valence-electron chi connectivity index (χ0n) is 17.7. The number of unbranched alkanes of at least 4 members (excludes halogenated alkanes) is 1. The number of ether oxygens (including phenoxy) is 1. The molecule has 8 nitrogen and oxygen atoms in total.